The molecule has 4 heteroatoms. The van der Waals surface area contributed by atoms with Crippen molar-refractivity contribution < 1.29 is 14.3 Å². The number of pyridine rings is 1. The second-order valence-electron chi connectivity index (χ2n) is 4.20. The van der Waals surface area contributed by atoms with Gasteiger partial charge < -0.3 is 9.47 Å². The average Bonchev–Trinajstić information content (AvgIpc) is 2.29. The summed E-state index contributed by atoms with van der Waals surface area (Å²) in [5.41, 5.74) is 1.30. The first-order valence-corrected chi connectivity index (χ1v) is 5.78. The maximum atomic E-state index is 11.5. The van der Waals surface area contributed by atoms with Gasteiger partial charge in [-0.15, -0.1) is 0 Å². The van der Waals surface area contributed by atoms with Crippen LogP contribution in [0.2, 0.25) is 0 Å². The van der Waals surface area contributed by atoms with E-state index in [2.05, 4.69) is 18.8 Å². The first-order chi connectivity index (χ1) is 8.08. The molecular weight excluding hydrogens is 218 g/mol. The number of rotatable bonds is 5. The lowest BCUT2D eigenvalue weighted by atomic mass is 10.0. The van der Waals surface area contributed by atoms with Crippen molar-refractivity contribution in [3.8, 4) is 5.75 Å². The van der Waals surface area contributed by atoms with Gasteiger partial charge in [0.25, 0.3) is 0 Å². The minimum Gasteiger partial charge on any atom is -0.496 e. The van der Waals surface area contributed by atoms with Crippen molar-refractivity contribution in [1.29, 1.82) is 0 Å². The van der Waals surface area contributed by atoms with E-state index in [1.165, 1.54) is 0 Å². The van der Waals surface area contributed by atoms with Gasteiger partial charge in [0.15, 0.2) is 5.69 Å². The van der Waals surface area contributed by atoms with Gasteiger partial charge in [-0.2, -0.15) is 0 Å². The van der Waals surface area contributed by atoms with E-state index in [9.17, 15) is 4.79 Å². The average molecular weight is 237 g/mol. The number of carbonyl (C=O) groups is 1. The van der Waals surface area contributed by atoms with Crippen LogP contribution in [-0.4, -0.2) is 24.7 Å². The summed E-state index contributed by atoms with van der Waals surface area (Å²) in [6, 6.07) is 1.63. The van der Waals surface area contributed by atoms with E-state index in [4.69, 9.17) is 9.47 Å². The number of hydrogen-bond donors (Lipinski definition) is 0. The van der Waals surface area contributed by atoms with Gasteiger partial charge in [-0.1, -0.05) is 13.8 Å². The Kier molecular flexibility index (Phi) is 4.94. The SMILES string of the molecule is CCOC(=O)c1cc(OC)c(CC(C)C)cn1. The summed E-state index contributed by atoms with van der Waals surface area (Å²) >= 11 is 0. The van der Waals surface area contributed by atoms with Crippen molar-refractivity contribution in [2.24, 2.45) is 5.92 Å². The molecule has 0 N–H and O–H groups in total. The third-order valence-corrected chi connectivity index (χ3v) is 2.28. The zero-order valence-electron chi connectivity index (χ0n) is 10.8. The van der Waals surface area contributed by atoms with Gasteiger partial charge in [-0.3, -0.25) is 0 Å². The standard InChI is InChI=1S/C13H19NO3/c1-5-17-13(15)11-7-12(16-4)10(8-14-11)6-9(2)3/h7-9H,5-6H2,1-4H3. The number of methoxy groups -OCH3 is 1. The van der Waals surface area contributed by atoms with Crippen molar-refractivity contribution >= 4 is 5.97 Å². The van der Waals surface area contributed by atoms with Gasteiger partial charge in [-0.05, 0) is 19.3 Å². The van der Waals surface area contributed by atoms with E-state index < -0.39 is 5.97 Å². The first kappa shape index (κ1) is 13.5. The van der Waals surface area contributed by atoms with Crippen LogP contribution in [0.15, 0.2) is 12.3 Å². The number of aromatic nitrogens is 1. The van der Waals surface area contributed by atoms with Gasteiger partial charge in [0, 0.05) is 17.8 Å². The monoisotopic (exact) mass is 237 g/mol. The van der Waals surface area contributed by atoms with Crippen molar-refractivity contribution in [2.75, 3.05) is 13.7 Å². The predicted octanol–water partition coefficient (Wildman–Crippen LogP) is 2.47. The Morgan fingerprint density at radius 3 is 2.71 bits per heavy atom. The highest BCUT2D eigenvalue weighted by atomic mass is 16.5. The molecule has 1 aromatic heterocycles. The Hall–Kier alpha value is -1.58. The van der Waals surface area contributed by atoms with Crippen molar-refractivity contribution in [3.05, 3.63) is 23.5 Å². The topological polar surface area (TPSA) is 48.4 Å². The van der Waals surface area contributed by atoms with Crippen LogP contribution in [0.25, 0.3) is 0 Å². The molecule has 0 spiro atoms. The Balaban J connectivity index is 2.95. The van der Waals surface area contributed by atoms with E-state index in [0.717, 1.165) is 12.0 Å². The van der Waals surface area contributed by atoms with Crippen LogP contribution < -0.4 is 4.74 Å². The molecule has 0 bridgehead atoms. The molecule has 0 atom stereocenters. The highest BCUT2D eigenvalue weighted by Gasteiger charge is 2.13. The quantitative estimate of drug-likeness (QED) is 0.738. The zero-order chi connectivity index (χ0) is 12.8. The van der Waals surface area contributed by atoms with E-state index in [-0.39, 0.29) is 5.69 Å². The van der Waals surface area contributed by atoms with Crippen LogP contribution in [0.4, 0.5) is 0 Å². The minimum absolute atomic E-state index is 0.288. The molecule has 0 unspecified atom stereocenters. The van der Waals surface area contributed by atoms with Gasteiger partial charge in [0.05, 0.1) is 13.7 Å². The summed E-state index contributed by atoms with van der Waals surface area (Å²) in [4.78, 5) is 15.6. The highest BCUT2D eigenvalue weighted by molar-refractivity contribution is 5.87. The molecule has 0 aliphatic heterocycles. The number of esters is 1. The maximum Gasteiger partial charge on any atom is 0.357 e. The molecule has 0 aliphatic rings. The maximum absolute atomic E-state index is 11.5. The summed E-state index contributed by atoms with van der Waals surface area (Å²) in [5.74, 6) is 0.790. The molecule has 1 rings (SSSR count). The molecule has 0 radical (unpaired) electrons. The molecule has 1 heterocycles. The molecule has 94 valence electrons. The Morgan fingerprint density at radius 1 is 1.47 bits per heavy atom. The molecule has 17 heavy (non-hydrogen) atoms. The summed E-state index contributed by atoms with van der Waals surface area (Å²) in [6.45, 7) is 6.36. The molecule has 0 saturated heterocycles. The molecule has 0 amide bonds. The van der Waals surface area contributed by atoms with Gasteiger partial charge in [0.2, 0.25) is 0 Å². The molecular formula is C13H19NO3. The van der Waals surface area contributed by atoms with Gasteiger partial charge in [0.1, 0.15) is 5.75 Å². The molecule has 1 aromatic rings. The predicted molar refractivity (Wildman–Crippen MR) is 65.3 cm³/mol. The van der Waals surface area contributed by atoms with Crippen LogP contribution in [0, 0.1) is 5.92 Å². The van der Waals surface area contributed by atoms with E-state index in [0.29, 0.717) is 18.3 Å². The summed E-state index contributed by atoms with van der Waals surface area (Å²) in [5, 5.41) is 0. The second-order valence-corrected chi connectivity index (χ2v) is 4.20. The third-order valence-electron chi connectivity index (χ3n) is 2.28. The summed E-state index contributed by atoms with van der Waals surface area (Å²) < 4.78 is 10.2. The summed E-state index contributed by atoms with van der Waals surface area (Å²) in [6.07, 6.45) is 2.56. The lowest BCUT2D eigenvalue weighted by Gasteiger charge is -2.11. The Morgan fingerprint density at radius 2 is 2.18 bits per heavy atom. The molecule has 0 aliphatic carbocycles. The van der Waals surface area contributed by atoms with Crippen molar-refractivity contribution in [2.45, 2.75) is 27.2 Å². The lowest BCUT2D eigenvalue weighted by Crippen LogP contribution is -2.08. The molecule has 0 aromatic carbocycles. The fourth-order valence-electron chi connectivity index (χ4n) is 1.57. The molecule has 0 saturated carbocycles. The second kappa shape index (κ2) is 6.23. The third kappa shape index (κ3) is 3.73. The van der Waals surface area contributed by atoms with Crippen LogP contribution in [0.3, 0.4) is 0 Å². The van der Waals surface area contributed by atoms with Gasteiger partial charge >= 0.3 is 5.97 Å². The van der Waals surface area contributed by atoms with Gasteiger partial charge in [-0.25, -0.2) is 9.78 Å². The van der Waals surface area contributed by atoms with E-state index >= 15 is 0 Å². The Bertz CT molecular complexity index is 388. The minimum atomic E-state index is -0.415. The number of nitrogens with zero attached hydrogens (tertiary/aromatic N) is 1. The largest absolute Gasteiger partial charge is 0.496 e. The lowest BCUT2D eigenvalue weighted by molar-refractivity contribution is 0.0519. The van der Waals surface area contributed by atoms with Crippen LogP contribution in [-0.2, 0) is 11.2 Å². The highest BCUT2D eigenvalue weighted by Crippen LogP contribution is 2.21. The van der Waals surface area contributed by atoms with E-state index in [1.54, 1.807) is 26.3 Å². The first-order valence-electron chi connectivity index (χ1n) is 5.78. The number of hydrogen-bond acceptors (Lipinski definition) is 4. The Labute approximate surface area is 102 Å². The van der Waals surface area contributed by atoms with Crippen molar-refractivity contribution in [1.82, 2.24) is 4.98 Å². The normalized spacial score (nSPS) is 10.4. The number of carbonyl (C=O) groups excluding carboxylic acids is 1. The van der Waals surface area contributed by atoms with Crippen LogP contribution in [0.1, 0.15) is 36.8 Å². The van der Waals surface area contributed by atoms with Crippen molar-refractivity contribution in [3.63, 3.8) is 0 Å². The summed E-state index contributed by atoms with van der Waals surface area (Å²) in [7, 11) is 1.59. The molecule has 4 nitrogen and oxygen atoms in total. The fourth-order valence-corrected chi connectivity index (χ4v) is 1.57. The van der Waals surface area contributed by atoms with E-state index in [1.807, 2.05) is 0 Å². The van der Waals surface area contributed by atoms with Crippen LogP contribution in [0.5, 0.6) is 5.75 Å². The number of ether oxygens (including phenoxy) is 2. The zero-order valence-corrected chi connectivity index (χ0v) is 10.8. The van der Waals surface area contributed by atoms with Crippen LogP contribution >= 0.6 is 0 Å². The smallest absolute Gasteiger partial charge is 0.357 e. The fraction of sp³-hybridized carbons (Fsp3) is 0.538. The molecule has 0 fully saturated rings.